The summed E-state index contributed by atoms with van der Waals surface area (Å²) in [6.45, 7) is 0.284. The van der Waals surface area contributed by atoms with Crippen LogP contribution in [0.3, 0.4) is 0 Å². The number of allylic oxidation sites excluding steroid dienone is 1. The van der Waals surface area contributed by atoms with E-state index in [4.69, 9.17) is 9.47 Å². The highest BCUT2D eigenvalue weighted by Gasteiger charge is 2.08. The summed E-state index contributed by atoms with van der Waals surface area (Å²) in [5.74, 6) is 0.806. The molecule has 0 unspecified atom stereocenters. The van der Waals surface area contributed by atoms with Crippen molar-refractivity contribution in [2.75, 3.05) is 7.11 Å². The van der Waals surface area contributed by atoms with Crippen molar-refractivity contribution < 1.29 is 18.7 Å². The van der Waals surface area contributed by atoms with E-state index >= 15 is 0 Å². The van der Waals surface area contributed by atoms with Gasteiger partial charge in [-0.25, -0.2) is 4.39 Å². The molecule has 4 aromatic rings. The molecule has 0 aliphatic carbocycles. The normalized spacial score (nSPS) is 11.0. The van der Waals surface area contributed by atoms with Crippen molar-refractivity contribution in [3.05, 3.63) is 108 Å². The van der Waals surface area contributed by atoms with Crippen molar-refractivity contribution in [2.45, 2.75) is 6.61 Å². The highest BCUT2D eigenvalue weighted by Crippen LogP contribution is 2.27. The van der Waals surface area contributed by atoms with E-state index in [0.717, 1.165) is 22.0 Å². The number of benzene rings is 3. The van der Waals surface area contributed by atoms with E-state index in [1.54, 1.807) is 19.4 Å². The second kappa shape index (κ2) is 9.22. The number of hydrogen-bond donors (Lipinski definition) is 0. The second-order valence-electron chi connectivity index (χ2n) is 6.90. The van der Waals surface area contributed by atoms with E-state index in [0.29, 0.717) is 17.1 Å². The summed E-state index contributed by atoms with van der Waals surface area (Å²) in [6, 6.07) is 20.7. The lowest BCUT2D eigenvalue weighted by molar-refractivity contribution is 0.104. The third kappa shape index (κ3) is 4.78. The van der Waals surface area contributed by atoms with E-state index in [-0.39, 0.29) is 18.2 Å². The standard InChI is InChI=1S/C26H20FNO3/c1-30-24-14-8-18(7-13-23(29)19-9-11-22(27)12-10-19)16-21(24)17-31-25-6-2-4-20-5-3-15-28-26(20)25/h2-16H,17H2,1H3/b13-7+. The van der Waals surface area contributed by atoms with Crippen LogP contribution >= 0.6 is 0 Å². The van der Waals surface area contributed by atoms with Crippen LogP contribution in [0.5, 0.6) is 11.5 Å². The summed E-state index contributed by atoms with van der Waals surface area (Å²) in [7, 11) is 1.60. The summed E-state index contributed by atoms with van der Waals surface area (Å²) in [4.78, 5) is 16.7. The molecule has 3 aromatic carbocycles. The molecule has 0 bridgehead atoms. The smallest absolute Gasteiger partial charge is 0.185 e. The van der Waals surface area contributed by atoms with Crippen molar-refractivity contribution >= 4 is 22.8 Å². The first-order valence-electron chi connectivity index (χ1n) is 9.75. The number of rotatable bonds is 7. The topological polar surface area (TPSA) is 48.4 Å². The predicted molar refractivity (Wildman–Crippen MR) is 119 cm³/mol. The highest BCUT2D eigenvalue weighted by molar-refractivity contribution is 6.06. The summed E-state index contributed by atoms with van der Waals surface area (Å²) in [5.41, 5.74) is 2.89. The number of ketones is 1. The Morgan fingerprint density at radius 3 is 2.61 bits per heavy atom. The maximum atomic E-state index is 13.0. The van der Waals surface area contributed by atoms with Crippen LogP contribution in [0.25, 0.3) is 17.0 Å². The first-order valence-corrected chi connectivity index (χ1v) is 9.75. The fourth-order valence-corrected chi connectivity index (χ4v) is 3.25. The molecule has 4 rings (SSSR count). The fourth-order valence-electron chi connectivity index (χ4n) is 3.25. The molecule has 0 fully saturated rings. The number of methoxy groups -OCH3 is 1. The molecule has 31 heavy (non-hydrogen) atoms. The van der Waals surface area contributed by atoms with Crippen molar-refractivity contribution in [3.63, 3.8) is 0 Å². The Balaban J connectivity index is 1.53. The van der Waals surface area contributed by atoms with Gasteiger partial charge in [0, 0.05) is 22.7 Å². The van der Waals surface area contributed by atoms with Crippen molar-refractivity contribution in [1.82, 2.24) is 4.98 Å². The number of carbonyl (C=O) groups is 1. The van der Waals surface area contributed by atoms with Gasteiger partial charge >= 0.3 is 0 Å². The highest BCUT2D eigenvalue weighted by atomic mass is 19.1. The number of ether oxygens (including phenoxy) is 2. The van der Waals surface area contributed by atoms with Gasteiger partial charge in [-0.15, -0.1) is 0 Å². The van der Waals surface area contributed by atoms with Crippen LogP contribution in [-0.2, 0) is 6.61 Å². The zero-order chi connectivity index (χ0) is 21.6. The minimum atomic E-state index is -0.373. The third-order valence-electron chi connectivity index (χ3n) is 4.84. The molecular formula is C26H20FNO3. The number of nitrogens with zero attached hydrogens (tertiary/aromatic N) is 1. The van der Waals surface area contributed by atoms with Gasteiger partial charge in [-0.1, -0.05) is 30.3 Å². The largest absolute Gasteiger partial charge is 0.496 e. The van der Waals surface area contributed by atoms with Crippen LogP contribution in [0.15, 0.2) is 85.1 Å². The SMILES string of the molecule is COc1ccc(/C=C/C(=O)c2ccc(F)cc2)cc1COc1cccc2cccnc12. The van der Waals surface area contributed by atoms with Gasteiger partial charge in [-0.05, 0) is 60.2 Å². The van der Waals surface area contributed by atoms with Gasteiger partial charge in [0.05, 0.1) is 7.11 Å². The molecule has 154 valence electrons. The number of pyridine rings is 1. The first-order chi connectivity index (χ1) is 15.1. The van der Waals surface area contributed by atoms with E-state index in [9.17, 15) is 9.18 Å². The Morgan fingerprint density at radius 2 is 1.81 bits per heavy atom. The summed E-state index contributed by atoms with van der Waals surface area (Å²) >= 11 is 0. The van der Waals surface area contributed by atoms with Gasteiger partial charge in [0.15, 0.2) is 5.78 Å². The first kappa shape index (κ1) is 20.3. The Hall–Kier alpha value is -3.99. The predicted octanol–water partition coefficient (Wildman–Crippen LogP) is 5.86. The van der Waals surface area contributed by atoms with Crippen molar-refractivity contribution in [2.24, 2.45) is 0 Å². The van der Waals surface area contributed by atoms with Gasteiger partial charge in [-0.3, -0.25) is 9.78 Å². The number of hydrogen-bond acceptors (Lipinski definition) is 4. The second-order valence-corrected chi connectivity index (χ2v) is 6.90. The van der Waals surface area contributed by atoms with Crippen LogP contribution in [-0.4, -0.2) is 17.9 Å². The zero-order valence-corrected chi connectivity index (χ0v) is 16.9. The number of fused-ring (bicyclic) bond motifs is 1. The van der Waals surface area contributed by atoms with Gasteiger partial charge in [0.25, 0.3) is 0 Å². The maximum Gasteiger partial charge on any atom is 0.185 e. The maximum absolute atomic E-state index is 13.0. The molecule has 0 aliphatic heterocycles. The van der Waals surface area contributed by atoms with E-state index in [1.807, 2.05) is 48.5 Å². The molecule has 0 amide bonds. The van der Waals surface area contributed by atoms with E-state index < -0.39 is 0 Å². The monoisotopic (exact) mass is 413 g/mol. The molecule has 5 heteroatoms. The number of para-hydroxylation sites is 1. The lowest BCUT2D eigenvalue weighted by Crippen LogP contribution is -2.00. The number of halogens is 1. The Bertz CT molecular complexity index is 1240. The zero-order valence-electron chi connectivity index (χ0n) is 16.9. The van der Waals surface area contributed by atoms with Crippen LogP contribution in [0.1, 0.15) is 21.5 Å². The third-order valence-corrected chi connectivity index (χ3v) is 4.84. The van der Waals surface area contributed by atoms with E-state index in [1.165, 1.54) is 30.3 Å². The Labute approximate surface area is 179 Å². The van der Waals surface area contributed by atoms with Crippen LogP contribution in [0.2, 0.25) is 0 Å². The molecule has 0 saturated carbocycles. The minimum absolute atomic E-state index is 0.199. The Morgan fingerprint density at radius 1 is 1.00 bits per heavy atom. The summed E-state index contributed by atoms with van der Waals surface area (Å²) in [6.07, 6.45) is 4.92. The summed E-state index contributed by atoms with van der Waals surface area (Å²) in [5, 5.41) is 1.00. The minimum Gasteiger partial charge on any atom is -0.496 e. The molecule has 0 radical (unpaired) electrons. The molecule has 0 saturated heterocycles. The number of aromatic nitrogens is 1. The van der Waals surface area contributed by atoms with Gasteiger partial charge < -0.3 is 9.47 Å². The molecule has 0 aliphatic rings. The van der Waals surface area contributed by atoms with Crippen LogP contribution in [0, 0.1) is 5.82 Å². The molecule has 0 spiro atoms. The summed E-state index contributed by atoms with van der Waals surface area (Å²) < 4.78 is 24.5. The lowest BCUT2D eigenvalue weighted by Gasteiger charge is -2.12. The quantitative estimate of drug-likeness (QED) is 0.281. The van der Waals surface area contributed by atoms with E-state index in [2.05, 4.69) is 4.98 Å². The molecule has 0 atom stereocenters. The Kier molecular flexibility index (Phi) is 6.03. The van der Waals surface area contributed by atoms with Crippen molar-refractivity contribution in [3.8, 4) is 11.5 Å². The molecule has 1 heterocycles. The van der Waals surface area contributed by atoms with Crippen LogP contribution in [0.4, 0.5) is 4.39 Å². The van der Waals surface area contributed by atoms with Crippen molar-refractivity contribution in [1.29, 1.82) is 0 Å². The fraction of sp³-hybridized carbons (Fsp3) is 0.0769. The molecular weight excluding hydrogens is 393 g/mol. The lowest BCUT2D eigenvalue weighted by atomic mass is 10.1. The average Bonchev–Trinajstić information content (AvgIpc) is 2.81. The molecule has 1 aromatic heterocycles. The van der Waals surface area contributed by atoms with Crippen LogP contribution < -0.4 is 9.47 Å². The van der Waals surface area contributed by atoms with Gasteiger partial charge in [0.1, 0.15) is 29.4 Å². The average molecular weight is 413 g/mol. The van der Waals surface area contributed by atoms with Gasteiger partial charge in [0.2, 0.25) is 0 Å². The van der Waals surface area contributed by atoms with Gasteiger partial charge in [-0.2, -0.15) is 0 Å². The molecule has 0 N–H and O–H groups in total. The number of carbonyl (C=O) groups excluding carboxylic acids is 1. The molecule has 4 nitrogen and oxygen atoms in total.